The van der Waals surface area contributed by atoms with Gasteiger partial charge in [-0.1, -0.05) is 41.5 Å². The fourth-order valence-corrected chi connectivity index (χ4v) is 2.59. The number of hydrogen-bond donors (Lipinski definition) is 0. The second kappa shape index (κ2) is 6.27. The predicted octanol–water partition coefficient (Wildman–Crippen LogP) is 3.81. The van der Waals surface area contributed by atoms with Gasteiger partial charge in [0.1, 0.15) is 0 Å². The van der Waals surface area contributed by atoms with Crippen molar-refractivity contribution in [2.24, 2.45) is 10.8 Å². The molecule has 0 amide bonds. The molecule has 0 N–H and O–H groups in total. The SMILES string of the molecule is CCOC1=C(C(C)(C)C)C(=O)C(=O)C(C(C)(C)C)=C1OCC. The summed E-state index contributed by atoms with van der Waals surface area (Å²) in [5.74, 6) is -0.119. The Morgan fingerprint density at radius 2 is 0.955 bits per heavy atom. The summed E-state index contributed by atoms with van der Waals surface area (Å²) in [6, 6.07) is 0. The number of carbonyl (C=O) groups excluding carboxylic acids is 2. The summed E-state index contributed by atoms with van der Waals surface area (Å²) in [5, 5.41) is 0. The second-order valence-corrected chi connectivity index (χ2v) is 7.43. The second-order valence-electron chi connectivity index (χ2n) is 7.43. The molecule has 0 saturated heterocycles. The molecule has 0 aromatic heterocycles. The van der Waals surface area contributed by atoms with Crippen LogP contribution in [-0.2, 0) is 19.1 Å². The molecule has 0 spiro atoms. The van der Waals surface area contributed by atoms with Gasteiger partial charge < -0.3 is 9.47 Å². The topological polar surface area (TPSA) is 52.6 Å². The van der Waals surface area contributed by atoms with E-state index in [-0.39, 0.29) is 0 Å². The molecule has 0 heterocycles. The Hall–Kier alpha value is -1.58. The molecular formula is C18H28O4. The third kappa shape index (κ3) is 3.42. The van der Waals surface area contributed by atoms with Crippen LogP contribution in [0.25, 0.3) is 0 Å². The Balaban J connectivity index is 3.78. The van der Waals surface area contributed by atoms with Gasteiger partial charge in [0.25, 0.3) is 0 Å². The van der Waals surface area contributed by atoms with E-state index in [1.54, 1.807) is 0 Å². The number of ether oxygens (including phenoxy) is 2. The van der Waals surface area contributed by atoms with Crippen LogP contribution >= 0.6 is 0 Å². The zero-order chi connectivity index (χ0) is 17.3. The highest BCUT2D eigenvalue weighted by atomic mass is 16.5. The highest BCUT2D eigenvalue weighted by Crippen LogP contribution is 2.42. The van der Waals surface area contributed by atoms with Crippen LogP contribution in [0.1, 0.15) is 55.4 Å². The van der Waals surface area contributed by atoms with Crippen LogP contribution in [0.2, 0.25) is 0 Å². The molecule has 124 valence electrons. The number of carbonyl (C=O) groups is 2. The third-order valence-corrected chi connectivity index (χ3v) is 3.40. The van der Waals surface area contributed by atoms with Gasteiger partial charge in [0.2, 0.25) is 11.6 Å². The van der Waals surface area contributed by atoms with E-state index in [4.69, 9.17) is 9.47 Å². The molecule has 22 heavy (non-hydrogen) atoms. The minimum Gasteiger partial charge on any atom is -0.490 e. The van der Waals surface area contributed by atoms with Crippen molar-refractivity contribution >= 4 is 11.6 Å². The van der Waals surface area contributed by atoms with Crippen LogP contribution in [0, 0.1) is 10.8 Å². The first-order valence-corrected chi connectivity index (χ1v) is 7.81. The minimum atomic E-state index is -0.497. The maximum Gasteiger partial charge on any atom is 0.233 e. The molecule has 0 aliphatic heterocycles. The van der Waals surface area contributed by atoms with E-state index in [2.05, 4.69) is 0 Å². The lowest BCUT2D eigenvalue weighted by Crippen LogP contribution is -2.37. The van der Waals surface area contributed by atoms with Crippen molar-refractivity contribution in [3.8, 4) is 0 Å². The molecule has 4 nitrogen and oxygen atoms in total. The summed E-state index contributed by atoms with van der Waals surface area (Å²) >= 11 is 0. The van der Waals surface area contributed by atoms with Gasteiger partial charge in [-0.25, -0.2) is 0 Å². The Morgan fingerprint density at radius 1 is 0.682 bits per heavy atom. The lowest BCUT2D eigenvalue weighted by Gasteiger charge is -2.34. The van der Waals surface area contributed by atoms with Crippen LogP contribution < -0.4 is 0 Å². The maximum absolute atomic E-state index is 12.7. The van der Waals surface area contributed by atoms with E-state index in [1.807, 2.05) is 55.4 Å². The molecular weight excluding hydrogens is 280 g/mol. The van der Waals surface area contributed by atoms with E-state index in [9.17, 15) is 9.59 Å². The minimum absolute atomic E-state index is 0.399. The fourth-order valence-electron chi connectivity index (χ4n) is 2.59. The van der Waals surface area contributed by atoms with E-state index in [0.717, 1.165) is 0 Å². The molecule has 0 bridgehead atoms. The predicted molar refractivity (Wildman–Crippen MR) is 86.2 cm³/mol. The molecule has 0 radical (unpaired) electrons. The van der Waals surface area contributed by atoms with Gasteiger partial charge in [-0.3, -0.25) is 9.59 Å². The lowest BCUT2D eigenvalue weighted by molar-refractivity contribution is -0.134. The highest BCUT2D eigenvalue weighted by Gasteiger charge is 2.45. The summed E-state index contributed by atoms with van der Waals surface area (Å²) in [7, 11) is 0. The summed E-state index contributed by atoms with van der Waals surface area (Å²) in [6.07, 6.45) is 0. The summed E-state index contributed by atoms with van der Waals surface area (Å²) in [5.41, 5.74) is -0.196. The molecule has 0 atom stereocenters. The molecule has 0 fully saturated rings. The number of allylic oxidation sites excluding steroid dienone is 2. The van der Waals surface area contributed by atoms with Crippen LogP contribution in [-0.4, -0.2) is 24.8 Å². The molecule has 1 rings (SSSR count). The first-order valence-electron chi connectivity index (χ1n) is 7.81. The standard InChI is InChI=1S/C18H28O4/c1-9-21-15-11(17(3,4)5)13(19)14(20)12(18(6,7)8)16(15)22-10-2/h9-10H2,1-8H3. The van der Waals surface area contributed by atoms with Crippen molar-refractivity contribution in [3.63, 3.8) is 0 Å². The largest absolute Gasteiger partial charge is 0.490 e. The first-order chi connectivity index (χ1) is 9.96. The van der Waals surface area contributed by atoms with Crippen LogP contribution in [0.5, 0.6) is 0 Å². The van der Waals surface area contributed by atoms with Gasteiger partial charge in [-0.05, 0) is 24.7 Å². The van der Waals surface area contributed by atoms with Crippen molar-refractivity contribution in [2.45, 2.75) is 55.4 Å². The average molecular weight is 308 g/mol. The van der Waals surface area contributed by atoms with E-state index in [0.29, 0.717) is 35.9 Å². The van der Waals surface area contributed by atoms with Crippen molar-refractivity contribution in [1.29, 1.82) is 0 Å². The summed E-state index contributed by atoms with van der Waals surface area (Å²) in [6.45, 7) is 15.9. The van der Waals surface area contributed by atoms with Crippen LogP contribution in [0.4, 0.5) is 0 Å². The molecule has 4 heteroatoms. The zero-order valence-corrected chi connectivity index (χ0v) is 15.0. The summed E-state index contributed by atoms with van der Waals surface area (Å²) < 4.78 is 11.5. The number of Topliss-reactive ketones (excluding diaryl/α,β-unsaturated/α-hetero) is 2. The Morgan fingerprint density at radius 3 is 1.14 bits per heavy atom. The van der Waals surface area contributed by atoms with Crippen molar-refractivity contribution < 1.29 is 19.1 Å². The Bertz CT molecular complexity index is 486. The van der Waals surface area contributed by atoms with Gasteiger partial charge in [-0.15, -0.1) is 0 Å². The van der Waals surface area contributed by atoms with Crippen LogP contribution in [0.3, 0.4) is 0 Å². The highest BCUT2D eigenvalue weighted by molar-refractivity contribution is 6.50. The molecule has 1 aliphatic rings. The van der Waals surface area contributed by atoms with E-state index in [1.165, 1.54) is 0 Å². The quantitative estimate of drug-likeness (QED) is 0.585. The van der Waals surface area contributed by atoms with Gasteiger partial charge in [0.05, 0.1) is 24.4 Å². The van der Waals surface area contributed by atoms with Gasteiger partial charge in [-0.2, -0.15) is 0 Å². The number of hydrogen-bond acceptors (Lipinski definition) is 4. The molecule has 1 aliphatic carbocycles. The molecule has 0 aromatic rings. The van der Waals surface area contributed by atoms with E-state index < -0.39 is 22.4 Å². The maximum atomic E-state index is 12.7. The van der Waals surface area contributed by atoms with Gasteiger partial charge >= 0.3 is 0 Å². The zero-order valence-electron chi connectivity index (χ0n) is 15.0. The van der Waals surface area contributed by atoms with Crippen molar-refractivity contribution in [2.75, 3.05) is 13.2 Å². The lowest BCUT2D eigenvalue weighted by atomic mass is 9.72. The van der Waals surface area contributed by atoms with Gasteiger partial charge in [0.15, 0.2) is 11.5 Å². The Kier molecular flexibility index (Phi) is 5.26. The first kappa shape index (κ1) is 18.5. The van der Waals surface area contributed by atoms with E-state index >= 15 is 0 Å². The fraction of sp³-hybridized carbons (Fsp3) is 0.667. The van der Waals surface area contributed by atoms with Gasteiger partial charge in [0, 0.05) is 0 Å². The molecule has 0 aromatic carbocycles. The van der Waals surface area contributed by atoms with Crippen molar-refractivity contribution in [3.05, 3.63) is 22.7 Å². The molecule has 0 saturated carbocycles. The Labute approximate surface area is 133 Å². The van der Waals surface area contributed by atoms with Crippen molar-refractivity contribution in [1.82, 2.24) is 0 Å². The smallest absolute Gasteiger partial charge is 0.233 e. The monoisotopic (exact) mass is 308 g/mol. The van der Waals surface area contributed by atoms with Crippen LogP contribution in [0.15, 0.2) is 22.7 Å². The third-order valence-electron chi connectivity index (χ3n) is 3.40. The molecule has 0 unspecified atom stereocenters. The average Bonchev–Trinajstić information content (AvgIpc) is 2.32. The number of ketones is 2. The normalized spacial score (nSPS) is 17.3. The number of rotatable bonds is 4. The summed E-state index contributed by atoms with van der Waals surface area (Å²) in [4.78, 5) is 25.4.